The van der Waals surface area contributed by atoms with Gasteiger partial charge in [0.05, 0.1) is 5.75 Å². The molecule has 3 heteroatoms. The van der Waals surface area contributed by atoms with Gasteiger partial charge in [-0.25, -0.2) is 0 Å². The van der Waals surface area contributed by atoms with Crippen LogP contribution in [0.5, 0.6) is 0 Å². The summed E-state index contributed by atoms with van der Waals surface area (Å²) in [6.45, 7) is 2.21. The van der Waals surface area contributed by atoms with Gasteiger partial charge in [-0.3, -0.25) is 9.00 Å². The van der Waals surface area contributed by atoms with Gasteiger partial charge in [0.1, 0.15) is 5.78 Å². The number of hydrogen-bond acceptors (Lipinski definition) is 2. The molecule has 0 rings (SSSR count). The molecule has 90 valence electrons. The number of rotatable bonds is 10. The van der Waals surface area contributed by atoms with Crippen molar-refractivity contribution in [2.45, 2.75) is 58.3 Å². The van der Waals surface area contributed by atoms with Gasteiger partial charge in [-0.2, -0.15) is 0 Å². The van der Waals surface area contributed by atoms with E-state index in [1.165, 1.54) is 32.1 Å². The molecule has 15 heavy (non-hydrogen) atoms. The van der Waals surface area contributed by atoms with Crippen LogP contribution in [0.25, 0.3) is 0 Å². The molecule has 2 nitrogen and oxygen atoms in total. The summed E-state index contributed by atoms with van der Waals surface area (Å²) in [5, 5.41) is 0. The largest absolute Gasteiger partial charge is 0.299 e. The molecule has 0 saturated heterocycles. The minimum Gasteiger partial charge on any atom is -0.299 e. The zero-order valence-electron chi connectivity index (χ0n) is 10.1. The van der Waals surface area contributed by atoms with E-state index in [4.69, 9.17) is 0 Å². The molecule has 0 radical (unpaired) electrons. The lowest BCUT2D eigenvalue weighted by molar-refractivity contribution is -0.116. The molecule has 1 unspecified atom stereocenters. The number of carbonyl (C=O) groups is 1. The highest BCUT2D eigenvalue weighted by Gasteiger charge is 2.03. The lowest BCUT2D eigenvalue weighted by atomic mass is 10.1. The van der Waals surface area contributed by atoms with Crippen molar-refractivity contribution >= 4 is 16.6 Å². The van der Waals surface area contributed by atoms with Crippen LogP contribution in [-0.2, 0) is 15.6 Å². The summed E-state index contributed by atoms with van der Waals surface area (Å²) >= 11 is 0. The minimum absolute atomic E-state index is 0.157. The molecule has 0 amide bonds. The fourth-order valence-electron chi connectivity index (χ4n) is 1.58. The van der Waals surface area contributed by atoms with Gasteiger partial charge in [0.2, 0.25) is 0 Å². The summed E-state index contributed by atoms with van der Waals surface area (Å²) in [6, 6.07) is 0. The maximum atomic E-state index is 11.2. The third-order valence-corrected chi connectivity index (χ3v) is 3.15. The molecule has 0 aliphatic rings. The van der Waals surface area contributed by atoms with Crippen LogP contribution < -0.4 is 0 Å². The van der Waals surface area contributed by atoms with Gasteiger partial charge in [0, 0.05) is 23.5 Å². The third kappa shape index (κ3) is 11.7. The lowest BCUT2D eigenvalue weighted by Gasteiger charge is -2.00. The predicted molar refractivity (Wildman–Crippen MR) is 66.6 cm³/mol. The first-order chi connectivity index (χ1) is 7.16. The van der Waals surface area contributed by atoms with Gasteiger partial charge in [-0.1, -0.05) is 45.4 Å². The Morgan fingerprint density at radius 2 is 1.53 bits per heavy atom. The zero-order chi connectivity index (χ0) is 11.5. The molecule has 0 aromatic rings. The molecule has 0 N–H and O–H groups in total. The summed E-state index contributed by atoms with van der Waals surface area (Å²) in [7, 11) is -0.957. The van der Waals surface area contributed by atoms with Crippen molar-refractivity contribution in [1.82, 2.24) is 0 Å². The SMILES string of the molecule is CCCCCCCCCC(=O)CS(C)=O. The average Bonchev–Trinajstić information content (AvgIpc) is 2.15. The van der Waals surface area contributed by atoms with Crippen LogP contribution in [0.15, 0.2) is 0 Å². The highest BCUT2D eigenvalue weighted by atomic mass is 32.2. The standard InChI is InChI=1S/C12H24O2S/c1-3-4-5-6-7-8-9-10-12(13)11-15(2)14/h3-11H2,1-2H3. The van der Waals surface area contributed by atoms with E-state index >= 15 is 0 Å². The Morgan fingerprint density at radius 3 is 2.07 bits per heavy atom. The summed E-state index contributed by atoms with van der Waals surface area (Å²) in [4.78, 5) is 11.2. The first-order valence-corrected chi connectivity index (χ1v) is 7.71. The number of unbranched alkanes of at least 4 members (excludes halogenated alkanes) is 6. The Bertz CT molecular complexity index is 190. The Kier molecular flexibility index (Phi) is 10.2. The Labute approximate surface area is 96.3 Å². The summed E-state index contributed by atoms with van der Waals surface area (Å²) < 4.78 is 10.8. The maximum Gasteiger partial charge on any atom is 0.145 e. The molecule has 0 spiro atoms. The molecular formula is C12H24O2S. The zero-order valence-corrected chi connectivity index (χ0v) is 10.9. The van der Waals surface area contributed by atoms with Gasteiger partial charge in [-0.15, -0.1) is 0 Å². The van der Waals surface area contributed by atoms with Crippen molar-refractivity contribution in [3.63, 3.8) is 0 Å². The quantitative estimate of drug-likeness (QED) is 0.542. The number of carbonyl (C=O) groups excluding carboxylic acids is 1. The second-order valence-electron chi connectivity index (χ2n) is 4.13. The smallest absolute Gasteiger partial charge is 0.145 e. The van der Waals surface area contributed by atoms with Crippen LogP contribution in [0, 0.1) is 0 Å². The maximum absolute atomic E-state index is 11.2. The van der Waals surface area contributed by atoms with E-state index < -0.39 is 10.8 Å². The molecule has 1 atom stereocenters. The molecule has 0 aromatic carbocycles. The van der Waals surface area contributed by atoms with E-state index in [-0.39, 0.29) is 11.5 Å². The third-order valence-electron chi connectivity index (χ3n) is 2.42. The van der Waals surface area contributed by atoms with Gasteiger partial charge in [-0.05, 0) is 6.42 Å². The van der Waals surface area contributed by atoms with Crippen LogP contribution in [0.2, 0.25) is 0 Å². The summed E-state index contributed by atoms with van der Waals surface area (Å²) in [5.41, 5.74) is 0. The molecule has 0 aromatic heterocycles. The van der Waals surface area contributed by atoms with E-state index in [1.54, 1.807) is 6.26 Å². The number of Topliss-reactive ketones (excluding diaryl/α,β-unsaturated/α-hetero) is 1. The van der Waals surface area contributed by atoms with Gasteiger partial charge >= 0.3 is 0 Å². The number of hydrogen-bond donors (Lipinski definition) is 0. The fourth-order valence-corrected chi connectivity index (χ4v) is 2.18. The highest BCUT2D eigenvalue weighted by molar-refractivity contribution is 7.85. The van der Waals surface area contributed by atoms with Crippen molar-refractivity contribution < 1.29 is 9.00 Å². The second kappa shape index (κ2) is 10.3. The molecule has 0 aliphatic carbocycles. The van der Waals surface area contributed by atoms with Crippen LogP contribution in [-0.4, -0.2) is 22.0 Å². The van der Waals surface area contributed by atoms with Crippen molar-refractivity contribution in [3.8, 4) is 0 Å². The van der Waals surface area contributed by atoms with Crippen molar-refractivity contribution in [2.24, 2.45) is 0 Å². The second-order valence-corrected chi connectivity index (χ2v) is 5.56. The molecule has 0 saturated carbocycles. The van der Waals surface area contributed by atoms with E-state index in [0.717, 1.165) is 12.8 Å². The van der Waals surface area contributed by atoms with Crippen molar-refractivity contribution in [2.75, 3.05) is 12.0 Å². The van der Waals surface area contributed by atoms with E-state index in [1.807, 2.05) is 0 Å². The minimum atomic E-state index is -0.957. The van der Waals surface area contributed by atoms with Crippen molar-refractivity contribution in [3.05, 3.63) is 0 Å². The van der Waals surface area contributed by atoms with E-state index in [2.05, 4.69) is 6.92 Å². The molecule has 0 aliphatic heterocycles. The lowest BCUT2D eigenvalue weighted by Crippen LogP contribution is -2.08. The summed E-state index contributed by atoms with van der Waals surface area (Å²) in [6.07, 6.45) is 10.8. The fraction of sp³-hybridized carbons (Fsp3) is 0.917. The normalized spacial score (nSPS) is 12.7. The summed E-state index contributed by atoms with van der Waals surface area (Å²) in [5.74, 6) is 0.403. The van der Waals surface area contributed by atoms with Gasteiger partial charge < -0.3 is 0 Å². The van der Waals surface area contributed by atoms with E-state index in [0.29, 0.717) is 6.42 Å². The van der Waals surface area contributed by atoms with Crippen LogP contribution in [0.4, 0.5) is 0 Å². The average molecular weight is 232 g/mol. The van der Waals surface area contributed by atoms with Crippen LogP contribution in [0.1, 0.15) is 58.3 Å². The van der Waals surface area contributed by atoms with Crippen LogP contribution in [0.3, 0.4) is 0 Å². The van der Waals surface area contributed by atoms with Crippen LogP contribution >= 0.6 is 0 Å². The molecule has 0 heterocycles. The first kappa shape index (κ1) is 14.8. The topological polar surface area (TPSA) is 34.1 Å². The van der Waals surface area contributed by atoms with E-state index in [9.17, 15) is 9.00 Å². The number of ketones is 1. The molecular weight excluding hydrogens is 208 g/mol. The predicted octanol–water partition coefficient (Wildman–Crippen LogP) is 3.07. The monoisotopic (exact) mass is 232 g/mol. The first-order valence-electron chi connectivity index (χ1n) is 5.98. The van der Waals surface area contributed by atoms with Gasteiger partial charge in [0.25, 0.3) is 0 Å². The Balaban J connectivity index is 3.16. The molecule has 0 fully saturated rings. The van der Waals surface area contributed by atoms with Crippen molar-refractivity contribution in [1.29, 1.82) is 0 Å². The Hall–Kier alpha value is -0.180. The molecule has 0 bridgehead atoms. The van der Waals surface area contributed by atoms with Gasteiger partial charge in [0.15, 0.2) is 0 Å². The Morgan fingerprint density at radius 1 is 1.00 bits per heavy atom. The highest BCUT2D eigenvalue weighted by Crippen LogP contribution is 2.08.